The van der Waals surface area contributed by atoms with Gasteiger partial charge in [0.25, 0.3) is 5.69 Å². The monoisotopic (exact) mass is 265 g/mol. The third kappa shape index (κ3) is 4.57. The first-order chi connectivity index (χ1) is 8.70. The van der Waals surface area contributed by atoms with Crippen LogP contribution >= 0.6 is 0 Å². The van der Waals surface area contributed by atoms with Crippen LogP contribution in [0.5, 0.6) is 0 Å². The molecule has 0 bridgehead atoms. The molecule has 0 spiro atoms. The molecule has 0 aliphatic rings. The van der Waals surface area contributed by atoms with Gasteiger partial charge >= 0.3 is 0 Å². The Hall–Kier alpha value is -2.11. The second-order valence-corrected chi connectivity index (χ2v) is 5.59. The van der Waals surface area contributed by atoms with Gasteiger partial charge in [0.15, 0.2) is 0 Å². The Morgan fingerprint density at radius 2 is 2.05 bits per heavy atom. The molecule has 0 saturated carbocycles. The summed E-state index contributed by atoms with van der Waals surface area (Å²) in [5.41, 5.74) is 5.66. The highest BCUT2D eigenvalue weighted by Gasteiger charge is 2.17. The molecule has 0 aromatic heterocycles. The molecule has 0 heterocycles. The largest absolute Gasteiger partial charge is 0.379 e. The van der Waals surface area contributed by atoms with Crippen LogP contribution in [0.3, 0.4) is 0 Å². The molecule has 0 radical (unpaired) electrons. The van der Waals surface area contributed by atoms with Gasteiger partial charge in [0.1, 0.15) is 5.69 Å². The van der Waals surface area contributed by atoms with Gasteiger partial charge in [-0.25, -0.2) is 0 Å². The van der Waals surface area contributed by atoms with Crippen molar-refractivity contribution in [1.29, 1.82) is 0 Å². The van der Waals surface area contributed by atoms with E-state index < -0.39 is 10.8 Å². The number of nitro groups is 1. The van der Waals surface area contributed by atoms with E-state index in [1.807, 2.05) is 0 Å². The van der Waals surface area contributed by atoms with Crippen LogP contribution < -0.4 is 11.1 Å². The van der Waals surface area contributed by atoms with Crippen molar-refractivity contribution in [2.24, 2.45) is 11.1 Å². The molecule has 0 atom stereocenters. The number of amides is 1. The van der Waals surface area contributed by atoms with E-state index in [9.17, 15) is 14.9 Å². The first-order valence-electron chi connectivity index (χ1n) is 6.03. The lowest BCUT2D eigenvalue weighted by atomic mass is 9.92. The smallest absolute Gasteiger partial charge is 0.293 e. The van der Waals surface area contributed by atoms with Crippen molar-refractivity contribution in [2.45, 2.75) is 27.2 Å². The fourth-order valence-corrected chi connectivity index (χ4v) is 1.56. The van der Waals surface area contributed by atoms with Gasteiger partial charge in [-0.2, -0.15) is 0 Å². The second-order valence-electron chi connectivity index (χ2n) is 5.59. The summed E-state index contributed by atoms with van der Waals surface area (Å²) in [4.78, 5) is 21.5. The first-order valence-corrected chi connectivity index (χ1v) is 6.03. The molecule has 0 aliphatic heterocycles. The summed E-state index contributed by atoms with van der Waals surface area (Å²) >= 11 is 0. The van der Waals surface area contributed by atoms with Crippen LogP contribution in [0.1, 0.15) is 37.6 Å². The predicted molar refractivity (Wildman–Crippen MR) is 74.2 cm³/mol. The van der Waals surface area contributed by atoms with Gasteiger partial charge in [-0.1, -0.05) is 20.8 Å². The maximum absolute atomic E-state index is 11.0. The number of carbonyl (C=O) groups excluding carboxylic acids is 1. The zero-order valence-corrected chi connectivity index (χ0v) is 11.4. The highest BCUT2D eigenvalue weighted by molar-refractivity contribution is 5.94. The lowest BCUT2D eigenvalue weighted by Gasteiger charge is -2.18. The van der Waals surface area contributed by atoms with Crippen molar-refractivity contribution in [3.63, 3.8) is 0 Å². The second kappa shape index (κ2) is 5.69. The number of nitrogens with one attached hydrogen (secondary N) is 1. The number of rotatable bonds is 5. The zero-order chi connectivity index (χ0) is 14.6. The lowest BCUT2D eigenvalue weighted by molar-refractivity contribution is -0.384. The Kier molecular flexibility index (Phi) is 4.47. The Morgan fingerprint density at radius 3 is 2.53 bits per heavy atom. The first kappa shape index (κ1) is 14.9. The maximum atomic E-state index is 11.0. The van der Waals surface area contributed by atoms with Crippen molar-refractivity contribution in [3.8, 4) is 0 Å². The SMILES string of the molecule is CC(C)(C)CCNc1ccc(C(N)=O)cc1[N+](=O)[O-]. The van der Waals surface area contributed by atoms with Crippen LogP contribution in [0.15, 0.2) is 18.2 Å². The molecule has 6 heteroatoms. The average Bonchev–Trinajstić information content (AvgIpc) is 2.27. The highest BCUT2D eigenvalue weighted by atomic mass is 16.6. The molecule has 0 aliphatic carbocycles. The van der Waals surface area contributed by atoms with Gasteiger partial charge in [-0.3, -0.25) is 14.9 Å². The molecule has 1 rings (SSSR count). The molecular weight excluding hydrogens is 246 g/mol. The molecule has 19 heavy (non-hydrogen) atoms. The number of primary amides is 1. The van der Waals surface area contributed by atoms with Gasteiger partial charge in [0, 0.05) is 18.2 Å². The van der Waals surface area contributed by atoms with E-state index in [1.54, 1.807) is 0 Å². The van der Waals surface area contributed by atoms with E-state index in [1.165, 1.54) is 18.2 Å². The minimum atomic E-state index is -0.677. The molecule has 0 fully saturated rings. The standard InChI is InChI=1S/C13H19N3O3/c1-13(2,3)6-7-15-10-5-4-9(12(14)17)8-11(10)16(18)19/h4-5,8,15H,6-7H2,1-3H3,(H2,14,17). The zero-order valence-electron chi connectivity index (χ0n) is 11.4. The van der Waals surface area contributed by atoms with E-state index in [0.717, 1.165) is 6.42 Å². The van der Waals surface area contributed by atoms with Crippen LogP contribution in [0, 0.1) is 15.5 Å². The van der Waals surface area contributed by atoms with Gasteiger partial charge in [-0.05, 0) is 24.0 Å². The van der Waals surface area contributed by atoms with Crippen molar-refractivity contribution in [2.75, 3.05) is 11.9 Å². The van der Waals surface area contributed by atoms with Crippen molar-refractivity contribution < 1.29 is 9.72 Å². The third-order valence-electron chi connectivity index (χ3n) is 2.67. The Labute approximate surface area is 112 Å². The normalized spacial score (nSPS) is 11.1. The third-order valence-corrected chi connectivity index (χ3v) is 2.67. The van der Waals surface area contributed by atoms with Crippen molar-refractivity contribution in [3.05, 3.63) is 33.9 Å². The molecule has 1 aromatic carbocycles. The summed E-state index contributed by atoms with van der Waals surface area (Å²) in [7, 11) is 0. The van der Waals surface area contributed by atoms with E-state index in [-0.39, 0.29) is 16.7 Å². The molecule has 1 amide bonds. The number of hydrogen-bond acceptors (Lipinski definition) is 4. The summed E-state index contributed by atoms with van der Waals surface area (Å²) in [5, 5.41) is 14.0. The van der Waals surface area contributed by atoms with Crippen LogP contribution in [-0.2, 0) is 0 Å². The predicted octanol–water partition coefficient (Wildman–Crippen LogP) is 2.54. The Balaban J connectivity index is 2.89. The molecule has 104 valence electrons. The summed E-state index contributed by atoms with van der Waals surface area (Å²) in [6, 6.07) is 4.19. The summed E-state index contributed by atoms with van der Waals surface area (Å²) < 4.78 is 0. The van der Waals surface area contributed by atoms with E-state index in [0.29, 0.717) is 12.2 Å². The van der Waals surface area contributed by atoms with Crippen LogP contribution in [0.25, 0.3) is 0 Å². The molecule has 0 unspecified atom stereocenters. The van der Waals surface area contributed by atoms with E-state index in [2.05, 4.69) is 26.1 Å². The van der Waals surface area contributed by atoms with Gasteiger partial charge < -0.3 is 11.1 Å². The van der Waals surface area contributed by atoms with E-state index in [4.69, 9.17) is 5.73 Å². The van der Waals surface area contributed by atoms with Gasteiger partial charge in [0.2, 0.25) is 5.91 Å². The average molecular weight is 265 g/mol. The van der Waals surface area contributed by atoms with Gasteiger partial charge in [-0.15, -0.1) is 0 Å². The fourth-order valence-electron chi connectivity index (χ4n) is 1.56. The van der Waals surface area contributed by atoms with E-state index >= 15 is 0 Å². The number of carbonyl (C=O) groups is 1. The molecule has 1 aromatic rings. The quantitative estimate of drug-likeness (QED) is 0.631. The Morgan fingerprint density at radius 1 is 1.42 bits per heavy atom. The number of benzene rings is 1. The van der Waals surface area contributed by atoms with Crippen LogP contribution in [-0.4, -0.2) is 17.4 Å². The number of nitro benzene ring substituents is 1. The van der Waals surface area contributed by atoms with Crippen molar-refractivity contribution in [1.82, 2.24) is 0 Å². The number of nitrogens with zero attached hydrogens (tertiary/aromatic N) is 1. The summed E-state index contributed by atoms with van der Waals surface area (Å²) in [6.45, 7) is 6.91. The molecule has 3 N–H and O–H groups in total. The Bertz CT molecular complexity index is 492. The minimum absolute atomic E-state index is 0.132. The number of hydrogen-bond donors (Lipinski definition) is 2. The van der Waals surface area contributed by atoms with Gasteiger partial charge in [0.05, 0.1) is 4.92 Å². The fraction of sp³-hybridized carbons (Fsp3) is 0.462. The molecule has 6 nitrogen and oxygen atoms in total. The number of nitrogens with two attached hydrogens (primary N) is 1. The summed E-state index contributed by atoms with van der Waals surface area (Å²) in [6.07, 6.45) is 0.877. The van der Waals surface area contributed by atoms with Crippen LogP contribution in [0.4, 0.5) is 11.4 Å². The number of anilines is 1. The van der Waals surface area contributed by atoms with Crippen LogP contribution in [0.2, 0.25) is 0 Å². The van der Waals surface area contributed by atoms with Crippen molar-refractivity contribution >= 4 is 17.3 Å². The molecular formula is C13H19N3O3. The minimum Gasteiger partial charge on any atom is -0.379 e. The maximum Gasteiger partial charge on any atom is 0.293 e. The summed E-state index contributed by atoms with van der Waals surface area (Å²) in [5.74, 6) is -0.677. The topological polar surface area (TPSA) is 98.3 Å². The highest BCUT2D eigenvalue weighted by Crippen LogP contribution is 2.26. The molecule has 0 saturated heterocycles. The lowest BCUT2D eigenvalue weighted by Crippen LogP contribution is -2.14.